The van der Waals surface area contributed by atoms with Crippen LogP contribution in [-0.4, -0.2) is 40.3 Å². The number of nitrogens with one attached hydrogen (secondary N) is 1. The molecule has 1 aliphatic carbocycles. The van der Waals surface area contributed by atoms with E-state index in [-0.39, 0.29) is 6.61 Å². The van der Waals surface area contributed by atoms with Crippen molar-refractivity contribution in [3.05, 3.63) is 18.0 Å². The molecule has 5 heteroatoms. The summed E-state index contributed by atoms with van der Waals surface area (Å²) >= 11 is 0. The van der Waals surface area contributed by atoms with Crippen molar-refractivity contribution in [1.29, 1.82) is 0 Å². The van der Waals surface area contributed by atoms with Gasteiger partial charge < -0.3 is 15.3 Å². The van der Waals surface area contributed by atoms with Crippen LogP contribution >= 0.6 is 0 Å². The van der Waals surface area contributed by atoms with Gasteiger partial charge in [0.1, 0.15) is 0 Å². The van der Waals surface area contributed by atoms with Gasteiger partial charge in [0.05, 0.1) is 0 Å². The lowest BCUT2D eigenvalue weighted by atomic mass is 10.3. The summed E-state index contributed by atoms with van der Waals surface area (Å²) in [4.78, 5) is 11.0. The molecule has 0 saturated heterocycles. The van der Waals surface area contributed by atoms with E-state index < -0.39 is 0 Å². The Balaban J connectivity index is 1.93. The first-order chi connectivity index (χ1) is 9.20. The molecule has 1 heterocycles. The lowest BCUT2D eigenvalue weighted by Gasteiger charge is -2.26. The fraction of sp³-hybridized carbons (Fsp3) is 0.714. The van der Waals surface area contributed by atoms with E-state index in [1.54, 1.807) is 0 Å². The van der Waals surface area contributed by atoms with Crippen molar-refractivity contribution in [3.63, 3.8) is 0 Å². The molecule has 1 fully saturated rings. The van der Waals surface area contributed by atoms with Gasteiger partial charge in [0.25, 0.3) is 0 Å². The van der Waals surface area contributed by atoms with Gasteiger partial charge in [-0.1, -0.05) is 0 Å². The second-order valence-corrected chi connectivity index (χ2v) is 5.41. The molecule has 5 nitrogen and oxygen atoms in total. The number of hydrogen-bond acceptors (Lipinski definition) is 5. The van der Waals surface area contributed by atoms with Crippen molar-refractivity contribution in [1.82, 2.24) is 15.3 Å². The van der Waals surface area contributed by atoms with Gasteiger partial charge in [-0.15, -0.1) is 0 Å². The third kappa shape index (κ3) is 4.44. The van der Waals surface area contributed by atoms with Gasteiger partial charge in [-0.2, -0.15) is 0 Å². The third-order valence-corrected chi connectivity index (χ3v) is 3.30. The molecule has 1 aromatic heterocycles. The van der Waals surface area contributed by atoms with Gasteiger partial charge in [0.15, 0.2) is 0 Å². The predicted molar refractivity (Wildman–Crippen MR) is 76.1 cm³/mol. The summed E-state index contributed by atoms with van der Waals surface area (Å²) in [6, 6.07) is 1.04. The summed E-state index contributed by atoms with van der Waals surface area (Å²) in [6.45, 7) is 6.07. The molecule has 1 aromatic rings. The summed E-state index contributed by atoms with van der Waals surface area (Å²) < 4.78 is 0. The van der Waals surface area contributed by atoms with Crippen molar-refractivity contribution >= 4 is 5.95 Å². The maximum absolute atomic E-state index is 8.94. The van der Waals surface area contributed by atoms with Crippen LogP contribution in [0, 0.1) is 0 Å². The fourth-order valence-electron chi connectivity index (χ4n) is 1.97. The molecule has 0 radical (unpaired) electrons. The minimum Gasteiger partial charge on any atom is -0.396 e. The minimum absolute atomic E-state index is 0.201. The van der Waals surface area contributed by atoms with E-state index in [2.05, 4.69) is 34.0 Å². The van der Waals surface area contributed by atoms with E-state index in [4.69, 9.17) is 5.11 Å². The zero-order chi connectivity index (χ0) is 13.7. The molecule has 0 bridgehead atoms. The van der Waals surface area contributed by atoms with Crippen LogP contribution in [0.4, 0.5) is 5.95 Å². The Bertz CT molecular complexity index is 376. The van der Waals surface area contributed by atoms with Crippen LogP contribution < -0.4 is 10.2 Å². The molecular weight excluding hydrogens is 240 g/mol. The maximum Gasteiger partial charge on any atom is 0.225 e. The summed E-state index contributed by atoms with van der Waals surface area (Å²) in [7, 11) is 0. The van der Waals surface area contributed by atoms with Crippen molar-refractivity contribution in [3.8, 4) is 0 Å². The zero-order valence-corrected chi connectivity index (χ0v) is 11.8. The van der Waals surface area contributed by atoms with E-state index in [9.17, 15) is 0 Å². The van der Waals surface area contributed by atoms with Crippen LogP contribution in [0.2, 0.25) is 0 Å². The molecule has 0 spiro atoms. The van der Waals surface area contributed by atoms with E-state index in [1.807, 2.05) is 12.4 Å². The minimum atomic E-state index is 0.201. The summed E-state index contributed by atoms with van der Waals surface area (Å²) in [5, 5.41) is 12.4. The molecule has 0 atom stereocenters. The monoisotopic (exact) mass is 264 g/mol. The molecule has 0 aliphatic heterocycles. The lowest BCUT2D eigenvalue weighted by Crippen LogP contribution is -2.33. The highest BCUT2D eigenvalue weighted by atomic mass is 16.3. The first kappa shape index (κ1) is 14.2. The standard InChI is InChI=1S/C14H24N4O/c1-11(2)18(6-3-7-19)14-16-9-12(10-17-14)8-15-13-4-5-13/h9-11,13,15,19H,3-8H2,1-2H3. The Hall–Kier alpha value is -1.20. The number of nitrogens with zero attached hydrogens (tertiary/aromatic N) is 3. The van der Waals surface area contributed by atoms with Gasteiger partial charge >= 0.3 is 0 Å². The predicted octanol–water partition coefficient (Wildman–Crippen LogP) is 1.33. The number of aliphatic hydroxyl groups excluding tert-OH is 1. The molecule has 1 aliphatic rings. The molecule has 19 heavy (non-hydrogen) atoms. The number of rotatable bonds is 8. The highest BCUT2D eigenvalue weighted by Gasteiger charge is 2.20. The van der Waals surface area contributed by atoms with Gasteiger partial charge in [-0.3, -0.25) is 0 Å². The summed E-state index contributed by atoms with van der Waals surface area (Å²) in [5.41, 5.74) is 1.13. The van der Waals surface area contributed by atoms with E-state index in [0.29, 0.717) is 12.1 Å². The highest BCUT2D eigenvalue weighted by Crippen LogP contribution is 2.19. The summed E-state index contributed by atoms with van der Waals surface area (Å²) in [5.74, 6) is 0.749. The van der Waals surface area contributed by atoms with Gasteiger partial charge in [0.2, 0.25) is 5.95 Å². The normalized spacial score (nSPS) is 14.9. The van der Waals surface area contributed by atoms with Crippen LogP contribution in [0.3, 0.4) is 0 Å². The fourth-order valence-corrected chi connectivity index (χ4v) is 1.97. The molecule has 106 valence electrons. The first-order valence-corrected chi connectivity index (χ1v) is 7.12. The number of aromatic nitrogens is 2. The average Bonchev–Trinajstić information content (AvgIpc) is 3.22. The van der Waals surface area contributed by atoms with Crippen LogP contribution in [0.1, 0.15) is 38.7 Å². The second kappa shape index (κ2) is 6.82. The SMILES string of the molecule is CC(C)N(CCCO)c1ncc(CNC2CC2)cn1. The summed E-state index contributed by atoms with van der Waals surface area (Å²) in [6.07, 6.45) is 7.12. The van der Waals surface area contributed by atoms with Crippen LogP contribution in [0.5, 0.6) is 0 Å². The van der Waals surface area contributed by atoms with Crippen molar-refractivity contribution in [2.45, 2.75) is 51.7 Å². The number of anilines is 1. The molecule has 0 aromatic carbocycles. The van der Waals surface area contributed by atoms with E-state index >= 15 is 0 Å². The van der Waals surface area contributed by atoms with E-state index in [1.165, 1.54) is 12.8 Å². The number of hydrogen-bond donors (Lipinski definition) is 2. The van der Waals surface area contributed by atoms with Gasteiger partial charge in [0, 0.05) is 49.7 Å². The average molecular weight is 264 g/mol. The molecule has 1 saturated carbocycles. The number of aliphatic hydroxyl groups is 1. The van der Waals surface area contributed by atoms with Gasteiger partial charge in [-0.05, 0) is 33.1 Å². The largest absolute Gasteiger partial charge is 0.396 e. The lowest BCUT2D eigenvalue weighted by molar-refractivity contribution is 0.288. The quantitative estimate of drug-likeness (QED) is 0.741. The van der Waals surface area contributed by atoms with Crippen molar-refractivity contribution in [2.24, 2.45) is 0 Å². The zero-order valence-electron chi connectivity index (χ0n) is 11.8. The molecule has 2 N–H and O–H groups in total. The van der Waals surface area contributed by atoms with Crippen LogP contribution in [0.25, 0.3) is 0 Å². The van der Waals surface area contributed by atoms with E-state index in [0.717, 1.165) is 31.0 Å². The Morgan fingerprint density at radius 1 is 1.37 bits per heavy atom. The molecule has 2 rings (SSSR count). The topological polar surface area (TPSA) is 61.3 Å². The Morgan fingerprint density at radius 2 is 2.05 bits per heavy atom. The Morgan fingerprint density at radius 3 is 2.58 bits per heavy atom. The first-order valence-electron chi connectivity index (χ1n) is 7.12. The Kier molecular flexibility index (Phi) is 5.10. The highest BCUT2D eigenvalue weighted by molar-refractivity contribution is 5.31. The molecular formula is C14H24N4O. The molecule has 0 unspecified atom stereocenters. The third-order valence-electron chi connectivity index (χ3n) is 3.30. The Labute approximate surface area is 115 Å². The van der Waals surface area contributed by atoms with Crippen LogP contribution in [0.15, 0.2) is 12.4 Å². The maximum atomic E-state index is 8.94. The molecule has 0 amide bonds. The van der Waals surface area contributed by atoms with Crippen LogP contribution in [-0.2, 0) is 6.54 Å². The van der Waals surface area contributed by atoms with Crippen molar-refractivity contribution in [2.75, 3.05) is 18.1 Å². The smallest absolute Gasteiger partial charge is 0.225 e. The van der Waals surface area contributed by atoms with Crippen molar-refractivity contribution < 1.29 is 5.11 Å². The van der Waals surface area contributed by atoms with Gasteiger partial charge in [-0.25, -0.2) is 9.97 Å². The second-order valence-electron chi connectivity index (χ2n) is 5.41.